The molecular weight excluding hydrogens is 452 g/mol. The molecule has 0 saturated carbocycles. The molecule has 1 saturated heterocycles. The van der Waals surface area contributed by atoms with Crippen LogP contribution in [0.4, 0.5) is 5.69 Å². The molecule has 168 valence electrons. The number of thioether (sulfide) groups is 1. The van der Waals surface area contributed by atoms with Crippen LogP contribution in [0.25, 0.3) is 10.8 Å². The first-order valence-electron chi connectivity index (χ1n) is 10.9. The Hall–Kier alpha value is -2.73. The molecule has 2 heterocycles. The van der Waals surface area contributed by atoms with E-state index in [1.54, 1.807) is 11.8 Å². The van der Waals surface area contributed by atoms with Crippen molar-refractivity contribution in [1.82, 2.24) is 4.57 Å². The molecule has 1 aliphatic heterocycles. The number of nitrogens with one attached hydrogen (secondary N) is 1. The van der Waals surface area contributed by atoms with E-state index in [-0.39, 0.29) is 17.9 Å². The lowest BCUT2D eigenvalue weighted by Gasteiger charge is -2.39. The highest BCUT2D eigenvalue weighted by atomic mass is 35.5. The third-order valence-electron chi connectivity index (χ3n) is 6.00. The zero-order chi connectivity index (χ0) is 22.8. The van der Waals surface area contributed by atoms with Crippen molar-refractivity contribution in [3.05, 3.63) is 95.3 Å². The van der Waals surface area contributed by atoms with E-state index in [1.165, 1.54) is 10.9 Å². The summed E-state index contributed by atoms with van der Waals surface area (Å²) in [6.07, 6.45) is 4.61. The molecule has 6 heteroatoms. The second-order valence-corrected chi connectivity index (χ2v) is 10.1. The van der Waals surface area contributed by atoms with Gasteiger partial charge >= 0.3 is 0 Å². The SMILES string of the molecule is CC1(n2cc3cc(NC(=O)Cc4ccccc4Cl)cc(SCc4ccccc4)c3c2)COC1. The molecule has 1 fully saturated rings. The number of benzene rings is 3. The van der Waals surface area contributed by atoms with Gasteiger partial charge in [0.1, 0.15) is 0 Å². The Morgan fingerprint density at radius 2 is 1.85 bits per heavy atom. The number of carbonyl (C=O) groups is 1. The van der Waals surface area contributed by atoms with Crippen LogP contribution in [0.15, 0.2) is 84.0 Å². The molecule has 4 nitrogen and oxygen atoms in total. The third-order valence-corrected chi connectivity index (χ3v) is 7.49. The van der Waals surface area contributed by atoms with E-state index in [9.17, 15) is 4.79 Å². The molecule has 1 aromatic heterocycles. The van der Waals surface area contributed by atoms with Gasteiger partial charge in [-0.15, -0.1) is 11.8 Å². The molecule has 1 amide bonds. The van der Waals surface area contributed by atoms with Crippen molar-refractivity contribution in [2.75, 3.05) is 18.5 Å². The van der Waals surface area contributed by atoms with Crippen LogP contribution in [0.3, 0.4) is 0 Å². The number of nitrogens with zero attached hydrogens (tertiary/aromatic N) is 1. The number of fused-ring (bicyclic) bond motifs is 1. The van der Waals surface area contributed by atoms with E-state index in [4.69, 9.17) is 16.3 Å². The number of amides is 1. The molecule has 4 aromatic rings. The summed E-state index contributed by atoms with van der Waals surface area (Å²) in [6, 6.07) is 22.0. The van der Waals surface area contributed by atoms with Gasteiger partial charge in [0.25, 0.3) is 0 Å². The van der Waals surface area contributed by atoms with Gasteiger partial charge in [-0.2, -0.15) is 0 Å². The Bertz CT molecular complexity index is 1300. The van der Waals surface area contributed by atoms with Gasteiger partial charge in [0.05, 0.1) is 25.2 Å². The number of ether oxygens (including phenoxy) is 1. The number of hydrogen-bond donors (Lipinski definition) is 1. The lowest BCUT2D eigenvalue weighted by molar-refractivity contribution is -0.115. The predicted molar refractivity (Wildman–Crippen MR) is 136 cm³/mol. The van der Waals surface area contributed by atoms with E-state index in [0.29, 0.717) is 18.2 Å². The molecule has 1 aliphatic rings. The van der Waals surface area contributed by atoms with Crippen molar-refractivity contribution >= 4 is 45.7 Å². The van der Waals surface area contributed by atoms with Crippen LogP contribution in [-0.2, 0) is 27.2 Å². The minimum atomic E-state index is -0.0831. The number of carbonyl (C=O) groups excluding carboxylic acids is 1. The summed E-state index contributed by atoms with van der Waals surface area (Å²) >= 11 is 8.03. The quantitative estimate of drug-likeness (QED) is 0.309. The van der Waals surface area contributed by atoms with Crippen LogP contribution in [0, 0.1) is 0 Å². The van der Waals surface area contributed by atoms with Crippen LogP contribution < -0.4 is 5.32 Å². The van der Waals surface area contributed by atoms with Gasteiger partial charge in [0.2, 0.25) is 5.91 Å². The molecule has 0 radical (unpaired) electrons. The Balaban J connectivity index is 1.43. The van der Waals surface area contributed by atoms with Crippen LogP contribution in [0.5, 0.6) is 0 Å². The molecule has 3 aromatic carbocycles. The van der Waals surface area contributed by atoms with Crippen LogP contribution >= 0.6 is 23.4 Å². The summed E-state index contributed by atoms with van der Waals surface area (Å²) in [4.78, 5) is 13.9. The van der Waals surface area contributed by atoms with Crippen LogP contribution in [-0.4, -0.2) is 23.7 Å². The Labute approximate surface area is 202 Å². The molecule has 0 atom stereocenters. The van der Waals surface area contributed by atoms with Gasteiger partial charge in [-0.3, -0.25) is 4.79 Å². The average molecular weight is 477 g/mol. The molecule has 0 spiro atoms. The van der Waals surface area contributed by atoms with E-state index < -0.39 is 0 Å². The topological polar surface area (TPSA) is 43.3 Å². The molecule has 5 rings (SSSR count). The monoisotopic (exact) mass is 476 g/mol. The summed E-state index contributed by atoms with van der Waals surface area (Å²) in [5.74, 6) is 0.777. The summed E-state index contributed by atoms with van der Waals surface area (Å²) in [7, 11) is 0. The van der Waals surface area contributed by atoms with Crippen LogP contribution in [0.2, 0.25) is 5.02 Å². The number of hydrogen-bond acceptors (Lipinski definition) is 3. The minimum Gasteiger partial charge on any atom is -0.376 e. The maximum atomic E-state index is 12.8. The summed E-state index contributed by atoms with van der Waals surface area (Å²) in [5, 5.41) is 5.98. The van der Waals surface area contributed by atoms with Crippen molar-refractivity contribution in [1.29, 1.82) is 0 Å². The summed E-state index contributed by atoms with van der Waals surface area (Å²) in [6.45, 7) is 3.63. The Kier molecular flexibility index (Phi) is 6.19. The van der Waals surface area contributed by atoms with Gasteiger partial charge in [-0.05, 0) is 36.2 Å². The van der Waals surface area contributed by atoms with Crippen molar-refractivity contribution in [3.63, 3.8) is 0 Å². The van der Waals surface area contributed by atoms with E-state index >= 15 is 0 Å². The Morgan fingerprint density at radius 3 is 2.58 bits per heavy atom. The van der Waals surface area contributed by atoms with Gasteiger partial charge in [-0.1, -0.05) is 60.1 Å². The molecule has 0 bridgehead atoms. The molecule has 0 aliphatic carbocycles. The van der Waals surface area contributed by atoms with Gasteiger partial charge < -0.3 is 14.6 Å². The minimum absolute atomic E-state index is 0.0200. The maximum Gasteiger partial charge on any atom is 0.228 e. The normalized spacial score (nSPS) is 14.7. The van der Waals surface area contributed by atoms with Gasteiger partial charge in [0, 0.05) is 44.5 Å². The zero-order valence-electron chi connectivity index (χ0n) is 18.4. The fraction of sp³-hybridized carbons (Fsp3) is 0.222. The van der Waals surface area contributed by atoms with E-state index in [1.807, 2.05) is 36.4 Å². The smallest absolute Gasteiger partial charge is 0.228 e. The van der Waals surface area contributed by atoms with Gasteiger partial charge in [-0.25, -0.2) is 0 Å². The molecular formula is C27H25ClN2O2S. The molecule has 33 heavy (non-hydrogen) atoms. The number of anilines is 1. The first-order valence-corrected chi connectivity index (χ1v) is 12.3. The number of aromatic nitrogens is 1. The van der Waals surface area contributed by atoms with E-state index in [0.717, 1.165) is 27.3 Å². The zero-order valence-corrected chi connectivity index (χ0v) is 20.0. The highest BCUT2D eigenvalue weighted by Crippen LogP contribution is 2.37. The van der Waals surface area contributed by atoms with E-state index in [2.05, 4.69) is 59.5 Å². The first-order chi connectivity index (χ1) is 16.0. The number of rotatable bonds is 7. The molecule has 0 unspecified atom stereocenters. The second kappa shape index (κ2) is 9.26. The average Bonchev–Trinajstić information content (AvgIpc) is 3.23. The largest absolute Gasteiger partial charge is 0.376 e. The first kappa shape index (κ1) is 22.1. The summed E-state index contributed by atoms with van der Waals surface area (Å²) in [5.41, 5.74) is 2.86. The fourth-order valence-corrected chi connectivity index (χ4v) is 5.28. The highest BCUT2D eigenvalue weighted by Gasteiger charge is 2.35. The van der Waals surface area contributed by atoms with Crippen molar-refractivity contribution in [3.8, 4) is 0 Å². The highest BCUT2D eigenvalue weighted by molar-refractivity contribution is 7.98. The van der Waals surface area contributed by atoms with Crippen LogP contribution in [0.1, 0.15) is 18.1 Å². The third kappa shape index (κ3) is 4.81. The fourth-order valence-electron chi connectivity index (χ4n) is 4.02. The van der Waals surface area contributed by atoms with Gasteiger partial charge in [0.15, 0.2) is 0 Å². The number of halogens is 1. The van der Waals surface area contributed by atoms with Crippen molar-refractivity contribution < 1.29 is 9.53 Å². The summed E-state index contributed by atoms with van der Waals surface area (Å²) < 4.78 is 7.73. The van der Waals surface area contributed by atoms with Crippen molar-refractivity contribution in [2.24, 2.45) is 0 Å². The standard InChI is InChI=1S/C27H25ClN2O2S/c1-27(17-32-18-27)30-14-21-11-22(29-26(31)12-20-9-5-6-10-24(20)28)13-25(23(21)15-30)33-16-19-7-3-2-4-8-19/h2-11,13-15H,12,16-18H2,1H3,(H,29,31). The maximum absolute atomic E-state index is 12.8. The molecule has 1 N–H and O–H groups in total. The predicted octanol–water partition coefficient (Wildman–Crippen LogP) is 6.51. The Morgan fingerprint density at radius 1 is 1.09 bits per heavy atom. The van der Waals surface area contributed by atoms with Crippen molar-refractivity contribution in [2.45, 2.75) is 29.5 Å². The lowest BCUT2D eigenvalue weighted by atomic mass is 10.0. The lowest BCUT2D eigenvalue weighted by Crippen LogP contribution is -2.48. The second-order valence-electron chi connectivity index (χ2n) is 8.72.